The molecule has 0 saturated heterocycles. The van der Waals surface area contributed by atoms with E-state index in [-0.39, 0.29) is 0 Å². The van der Waals surface area contributed by atoms with Crippen molar-refractivity contribution < 1.29 is 8.83 Å². The van der Waals surface area contributed by atoms with Gasteiger partial charge < -0.3 is 8.83 Å². The number of rotatable bonds is 6. The van der Waals surface area contributed by atoms with E-state index in [4.69, 9.17) is 18.8 Å². The largest absolute Gasteiger partial charge is 0.455 e. The summed E-state index contributed by atoms with van der Waals surface area (Å²) in [5.74, 6) is 1.27. The molecule has 56 heavy (non-hydrogen) atoms. The number of furan rings is 2. The highest BCUT2D eigenvalue weighted by Gasteiger charge is 2.22. The fraction of sp³-hybridized carbons (Fsp3) is 0. The molecule has 11 rings (SSSR count). The Balaban J connectivity index is 1.06. The van der Waals surface area contributed by atoms with Crippen LogP contribution in [0, 0.1) is 0 Å². The molecule has 0 unspecified atom stereocenters. The smallest absolute Gasteiger partial charge is 0.160 e. The molecule has 6 nitrogen and oxygen atoms in total. The van der Waals surface area contributed by atoms with Gasteiger partial charge in [-0.3, -0.25) is 0 Å². The molecule has 0 fully saturated rings. The second kappa shape index (κ2) is 13.0. The van der Waals surface area contributed by atoms with Crippen LogP contribution in [0.4, 0.5) is 0 Å². The molecule has 4 aromatic heterocycles. The predicted molar refractivity (Wildman–Crippen MR) is 225 cm³/mol. The quantitative estimate of drug-likeness (QED) is 0.170. The Morgan fingerprint density at radius 3 is 1.64 bits per heavy atom. The van der Waals surface area contributed by atoms with Crippen LogP contribution in [-0.4, -0.2) is 19.9 Å². The summed E-state index contributed by atoms with van der Waals surface area (Å²) < 4.78 is 13.2. The molecule has 11 aromatic rings. The van der Waals surface area contributed by atoms with Gasteiger partial charge in [0.2, 0.25) is 0 Å². The molecule has 4 heterocycles. The lowest BCUT2D eigenvalue weighted by molar-refractivity contribution is 0.665. The van der Waals surface area contributed by atoms with Gasteiger partial charge in [0.15, 0.2) is 11.6 Å². The Bertz CT molecular complexity index is 3220. The van der Waals surface area contributed by atoms with Gasteiger partial charge in [-0.25, -0.2) is 19.9 Å². The lowest BCUT2D eigenvalue weighted by atomic mass is 9.95. The summed E-state index contributed by atoms with van der Waals surface area (Å²) in [6.45, 7) is 0. The molecule has 0 spiro atoms. The highest BCUT2D eigenvalue weighted by Crippen LogP contribution is 2.45. The lowest BCUT2D eigenvalue weighted by Crippen LogP contribution is -1.97. The molecule has 262 valence electrons. The van der Waals surface area contributed by atoms with Crippen LogP contribution in [-0.2, 0) is 0 Å². The zero-order chi connectivity index (χ0) is 37.0. The zero-order valence-electron chi connectivity index (χ0n) is 29.9. The molecule has 0 aliphatic carbocycles. The number of hydrogen-bond donors (Lipinski definition) is 0. The first-order valence-electron chi connectivity index (χ1n) is 18.5. The van der Waals surface area contributed by atoms with Crippen molar-refractivity contribution in [3.05, 3.63) is 182 Å². The lowest BCUT2D eigenvalue weighted by Gasteiger charge is -2.12. The van der Waals surface area contributed by atoms with Crippen LogP contribution in [0.25, 0.3) is 111 Å². The van der Waals surface area contributed by atoms with Gasteiger partial charge >= 0.3 is 0 Å². The monoisotopic (exact) mass is 718 g/mol. The first-order chi connectivity index (χ1) is 27.7. The summed E-state index contributed by atoms with van der Waals surface area (Å²) in [5.41, 5.74) is 12.6. The van der Waals surface area contributed by atoms with Gasteiger partial charge in [-0.15, -0.1) is 0 Å². The van der Waals surface area contributed by atoms with Crippen molar-refractivity contribution in [1.29, 1.82) is 0 Å². The topological polar surface area (TPSA) is 77.8 Å². The van der Waals surface area contributed by atoms with E-state index < -0.39 is 0 Å². The third-order valence-electron chi connectivity index (χ3n) is 10.5. The van der Waals surface area contributed by atoms with Crippen molar-refractivity contribution in [2.75, 3.05) is 0 Å². The maximum absolute atomic E-state index is 6.74. The van der Waals surface area contributed by atoms with Gasteiger partial charge in [-0.1, -0.05) is 146 Å². The zero-order valence-corrected chi connectivity index (χ0v) is 29.9. The van der Waals surface area contributed by atoms with Crippen LogP contribution in [0.5, 0.6) is 0 Å². The van der Waals surface area contributed by atoms with Crippen molar-refractivity contribution in [2.45, 2.75) is 0 Å². The van der Waals surface area contributed by atoms with Gasteiger partial charge in [-0.05, 0) is 29.8 Å². The van der Waals surface area contributed by atoms with E-state index in [1.807, 2.05) is 103 Å². The van der Waals surface area contributed by atoms with Gasteiger partial charge in [-0.2, -0.15) is 0 Å². The number of para-hydroxylation sites is 3. The van der Waals surface area contributed by atoms with E-state index in [9.17, 15) is 0 Å². The molecule has 0 atom stereocenters. The predicted octanol–water partition coefficient (Wildman–Crippen LogP) is 13.1. The normalized spacial score (nSPS) is 11.6. The number of hydrogen-bond acceptors (Lipinski definition) is 6. The summed E-state index contributed by atoms with van der Waals surface area (Å²) >= 11 is 0. The van der Waals surface area contributed by atoms with E-state index in [0.717, 1.165) is 99.8 Å². The minimum Gasteiger partial charge on any atom is -0.455 e. The minimum atomic E-state index is 0.616. The summed E-state index contributed by atoms with van der Waals surface area (Å²) in [6, 6.07) is 57.5. The van der Waals surface area contributed by atoms with Gasteiger partial charge in [0, 0.05) is 72.9 Å². The van der Waals surface area contributed by atoms with E-state index in [1.165, 1.54) is 0 Å². The first kappa shape index (κ1) is 31.8. The second-order valence-electron chi connectivity index (χ2n) is 13.8. The Morgan fingerprint density at radius 1 is 0.339 bits per heavy atom. The summed E-state index contributed by atoms with van der Waals surface area (Å²) in [7, 11) is 0. The minimum absolute atomic E-state index is 0.616. The molecule has 7 aromatic carbocycles. The summed E-state index contributed by atoms with van der Waals surface area (Å²) in [5, 5.41) is 4.16. The first-order valence-corrected chi connectivity index (χ1v) is 18.5. The highest BCUT2D eigenvalue weighted by atomic mass is 16.3. The SMILES string of the molecule is c1ccc(-c2cnc(-c3ccc(-c4nc(-c5ccccc5)cc(-c5ccc(-c6cccc7c6oc6ccccc67)c6oc7ccccc7c56)n4)cc3)nc2)cc1. The summed E-state index contributed by atoms with van der Waals surface area (Å²) in [4.78, 5) is 19.7. The maximum atomic E-state index is 6.74. The van der Waals surface area contributed by atoms with Crippen LogP contribution in [0.1, 0.15) is 0 Å². The van der Waals surface area contributed by atoms with Gasteiger partial charge in [0.25, 0.3) is 0 Å². The average molecular weight is 719 g/mol. The Hall–Kier alpha value is -7.70. The molecule has 0 amide bonds. The molecule has 0 aliphatic rings. The average Bonchev–Trinajstić information content (AvgIpc) is 3.86. The van der Waals surface area contributed by atoms with Crippen LogP contribution >= 0.6 is 0 Å². The molecule has 0 bridgehead atoms. The van der Waals surface area contributed by atoms with Crippen molar-refractivity contribution in [1.82, 2.24) is 19.9 Å². The maximum Gasteiger partial charge on any atom is 0.160 e. The molecule has 0 saturated carbocycles. The number of nitrogens with zero attached hydrogens (tertiary/aromatic N) is 4. The number of aromatic nitrogens is 4. The fourth-order valence-electron chi connectivity index (χ4n) is 7.71. The van der Waals surface area contributed by atoms with Gasteiger partial charge in [0.1, 0.15) is 22.3 Å². The number of benzene rings is 7. The molecular weight excluding hydrogens is 689 g/mol. The van der Waals surface area contributed by atoms with E-state index in [1.54, 1.807) is 0 Å². The Labute approximate surface area is 321 Å². The van der Waals surface area contributed by atoms with Crippen molar-refractivity contribution in [3.63, 3.8) is 0 Å². The van der Waals surface area contributed by atoms with Crippen LogP contribution in [0.2, 0.25) is 0 Å². The van der Waals surface area contributed by atoms with Crippen molar-refractivity contribution in [3.8, 4) is 67.5 Å². The van der Waals surface area contributed by atoms with E-state index in [2.05, 4.69) is 88.8 Å². The fourth-order valence-corrected chi connectivity index (χ4v) is 7.71. The third-order valence-corrected chi connectivity index (χ3v) is 10.5. The van der Waals surface area contributed by atoms with Gasteiger partial charge in [0.05, 0.1) is 11.4 Å². The number of fused-ring (bicyclic) bond motifs is 6. The Kier molecular flexibility index (Phi) is 7.38. The molecule has 6 heteroatoms. The summed E-state index contributed by atoms with van der Waals surface area (Å²) in [6.07, 6.45) is 3.74. The third kappa shape index (κ3) is 5.35. The highest BCUT2D eigenvalue weighted by molar-refractivity contribution is 6.18. The molecule has 0 N–H and O–H groups in total. The van der Waals surface area contributed by atoms with Crippen LogP contribution in [0.15, 0.2) is 191 Å². The van der Waals surface area contributed by atoms with Crippen LogP contribution < -0.4 is 0 Å². The van der Waals surface area contributed by atoms with Crippen molar-refractivity contribution in [2.24, 2.45) is 0 Å². The molecule has 0 radical (unpaired) electrons. The van der Waals surface area contributed by atoms with E-state index in [0.29, 0.717) is 11.6 Å². The molecular formula is C50H30N4O2. The van der Waals surface area contributed by atoms with E-state index >= 15 is 0 Å². The standard InChI is InChI=1S/C50H30N4O2/c1-3-12-31(13-4-1)35-29-51-49(52-30-35)33-22-24-34(25-23-33)50-53-42(32-14-5-2-6-15-32)28-43(54-50)40-27-26-39(48-46(40)41-17-8-10-21-45(41)56-48)38-19-11-18-37-36-16-7-9-20-44(36)55-47(37)38/h1-30H. The molecule has 0 aliphatic heterocycles. The van der Waals surface area contributed by atoms with Crippen molar-refractivity contribution >= 4 is 43.9 Å². The van der Waals surface area contributed by atoms with Crippen LogP contribution in [0.3, 0.4) is 0 Å². The Morgan fingerprint density at radius 2 is 0.893 bits per heavy atom. The second-order valence-corrected chi connectivity index (χ2v) is 13.8.